The van der Waals surface area contributed by atoms with E-state index in [0.717, 1.165) is 154 Å². The summed E-state index contributed by atoms with van der Waals surface area (Å²) in [5, 5.41) is 5.87. The fraction of sp³-hybridized carbons (Fsp3) is 0.0385. The molecule has 0 spiro atoms. The van der Waals surface area contributed by atoms with Gasteiger partial charge in [0.15, 0.2) is 0 Å². The molecule has 0 saturated heterocycles. The first kappa shape index (κ1) is 77.9. The summed E-state index contributed by atoms with van der Waals surface area (Å²) in [6.07, 6.45) is -18.1. The zero-order valence-corrected chi connectivity index (χ0v) is 63.6. The van der Waals surface area contributed by atoms with E-state index < -0.39 is 47.0 Å². The summed E-state index contributed by atoms with van der Waals surface area (Å²) in [4.78, 5) is 8.57. The number of anilines is 12. The number of hydrogen-bond donors (Lipinski definition) is 0. The van der Waals surface area contributed by atoms with Crippen LogP contribution in [0.5, 0.6) is 0 Å². The molecular weight excluding hydrogens is 1530 g/mol. The van der Waals surface area contributed by atoms with Gasteiger partial charge < -0.3 is 19.6 Å². The van der Waals surface area contributed by atoms with Gasteiger partial charge in [-0.3, -0.25) is 0 Å². The van der Waals surface area contributed by atoms with Crippen LogP contribution in [0.4, 0.5) is 121 Å². The zero-order valence-electron chi connectivity index (χ0n) is 63.6. The molecule has 4 nitrogen and oxygen atoms in total. The van der Waals surface area contributed by atoms with Gasteiger partial charge in [0.25, 0.3) is 0 Å². The fourth-order valence-electron chi connectivity index (χ4n) is 16.0. The van der Waals surface area contributed by atoms with Crippen LogP contribution in [0.25, 0.3) is 87.6 Å². The summed E-state index contributed by atoms with van der Waals surface area (Å²) >= 11 is 0. The molecule has 0 bridgehead atoms. The number of alkyl halides is 12. The van der Waals surface area contributed by atoms with Crippen molar-refractivity contribution in [3.05, 3.63) is 435 Å². The largest absolute Gasteiger partial charge is 0.416 e. The normalized spacial score (nSPS) is 11.8. The first-order valence-corrected chi connectivity index (χ1v) is 38.5. The Morgan fingerprint density at radius 3 is 0.658 bits per heavy atom. The van der Waals surface area contributed by atoms with E-state index in [-0.39, 0.29) is 0 Å². The molecule has 0 aliphatic carbocycles. The van der Waals surface area contributed by atoms with E-state index in [2.05, 4.69) is 105 Å². The lowest BCUT2D eigenvalue weighted by atomic mass is 9.84. The summed E-state index contributed by atoms with van der Waals surface area (Å²) < 4.78 is 166. The Morgan fingerprint density at radius 2 is 0.358 bits per heavy atom. The Balaban J connectivity index is 0.000000171. The smallest absolute Gasteiger partial charge is 0.311 e. The van der Waals surface area contributed by atoms with Gasteiger partial charge >= 0.3 is 24.7 Å². The third-order valence-corrected chi connectivity index (χ3v) is 21.4. The van der Waals surface area contributed by atoms with Gasteiger partial charge in [0.2, 0.25) is 0 Å². The summed E-state index contributed by atoms with van der Waals surface area (Å²) in [6, 6.07) is 124. The second kappa shape index (κ2) is 32.4. The van der Waals surface area contributed by atoms with Crippen molar-refractivity contribution in [2.75, 3.05) is 19.6 Å². The Labute approximate surface area is 683 Å². The molecule has 0 saturated carbocycles. The van der Waals surface area contributed by atoms with Gasteiger partial charge in [0.1, 0.15) is 0 Å². The van der Waals surface area contributed by atoms with Crippen molar-refractivity contribution in [1.82, 2.24) is 0 Å². The van der Waals surface area contributed by atoms with Crippen LogP contribution in [0.15, 0.2) is 413 Å². The molecule has 0 aliphatic rings. The second-order valence-corrected chi connectivity index (χ2v) is 28.7. The standard InChI is InChI=1S/2C52H34F6N2/c53-51(54,55)37-27-23-35(24-28-37)48-44-19-10-11-20-45(44)49(36-25-29-38(30-26-36)52(56,57)58)50-46(48)21-12-22-47(50)60(41-17-8-3-9-18-41)43-33-31-42(32-34-43)59(39-13-4-1-5-14-39)40-15-6-2-7-16-40;53-51(54,55)37-24-20-35(21-25-37)49-45-18-10-11-19-46(45)50(36-22-26-38(27-23-36)52(56,57)58)48-34-44(32-33-47(48)49)60(41-16-8-3-9-17-41)43-30-28-42(29-31-43)59(39-12-4-1-5-13-39)40-14-6-2-7-15-40/h2*1-34H. The van der Waals surface area contributed by atoms with E-state index in [0.29, 0.717) is 49.9 Å². The van der Waals surface area contributed by atoms with Gasteiger partial charge in [-0.05, 0) is 270 Å². The SMILES string of the molecule is FC(F)(F)c1ccc(-c2c3ccccc3c(-c3ccc(C(F)(F)F)cc3)c3c(N(c4ccccc4)c4ccc(N(c5ccccc5)c5ccccc5)cc4)cccc23)cc1.FC(F)(F)c1ccc(-c2c3ccccc3c(-c3ccc(C(F)(F)F)cc3)c3cc(N(c4ccccc4)c4ccc(N(c5ccccc5)c5ccccc5)cc4)ccc23)cc1. The highest BCUT2D eigenvalue weighted by Crippen LogP contribution is 2.53. The molecule has 18 aromatic carbocycles. The van der Waals surface area contributed by atoms with Crippen molar-refractivity contribution in [2.24, 2.45) is 0 Å². The minimum Gasteiger partial charge on any atom is -0.311 e. The summed E-state index contributed by atoms with van der Waals surface area (Å²) in [5.74, 6) is 0. The lowest BCUT2D eigenvalue weighted by Crippen LogP contribution is -2.12. The predicted molar refractivity (Wildman–Crippen MR) is 463 cm³/mol. The van der Waals surface area contributed by atoms with E-state index >= 15 is 0 Å². The summed E-state index contributed by atoms with van der Waals surface area (Å²) in [5.41, 5.74) is 12.7. The second-order valence-electron chi connectivity index (χ2n) is 28.7. The molecular formula is C104H68F12N4. The third kappa shape index (κ3) is 15.7. The summed E-state index contributed by atoms with van der Waals surface area (Å²) in [6.45, 7) is 0. The molecule has 0 radical (unpaired) electrons. The average Bonchev–Trinajstić information content (AvgIpc) is 0.712. The average molecular weight is 1600 g/mol. The van der Waals surface area contributed by atoms with Gasteiger partial charge in [0, 0.05) is 67.9 Å². The number of halogens is 12. The van der Waals surface area contributed by atoms with Crippen LogP contribution in [-0.2, 0) is 24.7 Å². The van der Waals surface area contributed by atoms with Crippen LogP contribution >= 0.6 is 0 Å². The molecule has 16 heteroatoms. The van der Waals surface area contributed by atoms with Crippen molar-refractivity contribution < 1.29 is 52.7 Å². The molecule has 0 aromatic heterocycles. The van der Waals surface area contributed by atoms with Gasteiger partial charge in [-0.25, -0.2) is 0 Å². The van der Waals surface area contributed by atoms with Gasteiger partial charge in [-0.2, -0.15) is 52.7 Å². The molecule has 18 rings (SSSR count). The van der Waals surface area contributed by atoms with Crippen molar-refractivity contribution in [1.29, 1.82) is 0 Å². The number of nitrogens with zero attached hydrogens (tertiary/aromatic N) is 4. The topological polar surface area (TPSA) is 13.0 Å². The highest BCUT2D eigenvalue weighted by molar-refractivity contribution is 6.26. The van der Waals surface area contributed by atoms with E-state index in [1.165, 1.54) is 48.5 Å². The molecule has 0 atom stereocenters. The van der Waals surface area contributed by atoms with E-state index in [1.54, 1.807) is 0 Å². The van der Waals surface area contributed by atoms with Crippen LogP contribution in [0.1, 0.15) is 22.3 Å². The Kier molecular flexibility index (Phi) is 21.1. The first-order chi connectivity index (χ1) is 58.1. The van der Waals surface area contributed by atoms with Crippen molar-refractivity contribution in [3.63, 3.8) is 0 Å². The Bertz CT molecular complexity index is 6480. The van der Waals surface area contributed by atoms with E-state index in [1.807, 2.05) is 231 Å². The molecule has 0 N–H and O–H groups in total. The quantitative estimate of drug-likeness (QED) is 0.0706. The molecule has 0 amide bonds. The maximum absolute atomic E-state index is 13.9. The van der Waals surface area contributed by atoms with Crippen molar-refractivity contribution in [2.45, 2.75) is 24.7 Å². The Morgan fingerprint density at radius 1 is 0.150 bits per heavy atom. The van der Waals surface area contributed by atoms with Crippen LogP contribution in [0.3, 0.4) is 0 Å². The third-order valence-electron chi connectivity index (χ3n) is 21.4. The molecule has 588 valence electrons. The zero-order chi connectivity index (χ0) is 82.9. The van der Waals surface area contributed by atoms with Crippen LogP contribution < -0.4 is 19.6 Å². The number of fused-ring (bicyclic) bond motifs is 4. The van der Waals surface area contributed by atoms with E-state index in [4.69, 9.17) is 0 Å². The van der Waals surface area contributed by atoms with Gasteiger partial charge in [-0.1, -0.05) is 224 Å². The van der Waals surface area contributed by atoms with Crippen LogP contribution in [0.2, 0.25) is 0 Å². The predicted octanol–water partition coefficient (Wildman–Crippen LogP) is 32.6. The number of rotatable bonds is 16. The monoisotopic (exact) mass is 1600 g/mol. The molecule has 18 aromatic rings. The molecule has 0 aliphatic heterocycles. The maximum atomic E-state index is 13.9. The van der Waals surface area contributed by atoms with Crippen molar-refractivity contribution >= 4 is 111 Å². The van der Waals surface area contributed by atoms with Gasteiger partial charge in [-0.15, -0.1) is 0 Å². The maximum Gasteiger partial charge on any atom is 0.416 e. The minimum absolute atomic E-state index is 0.556. The van der Waals surface area contributed by atoms with Crippen LogP contribution in [-0.4, -0.2) is 0 Å². The highest BCUT2D eigenvalue weighted by Gasteiger charge is 2.35. The number of benzene rings is 18. The lowest BCUT2D eigenvalue weighted by Gasteiger charge is -2.30. The minimum atomic E-state index is -4.53. The first-order valence-electron chi connectivity index (χ1n) is 38.5. The number of para-hydroxylation sites is 6. The molecule has 120 heavy (non-hydrogen) atoms. The number of hydrogen-bond acceptors (Lipinski definition) is 4. The molecule has 0 heterocycles. The molecule has 0 fully saturated rings. The summed E-state index contributed by atoms with van der Waals surface area (Å²) in [7, 11) is 0. The van der Waals surface area contributed by atoms with Crippen LogP contribution in [0, 0.1) is 0 Å². The fourth-order valence-corrected chi connectivity index (χ4v) is 16.0. The highest BCUT2D eigenvalue weighted by atomic mass is 19.4. The van der Waals surface area contributed by atoms with Gasteiger partial charge in [0.05, 0.1) is 27.9 Å². The molecule has 0 unspecified atom stereocenters. The van der Waals surface area contributed by atoms with Crippen molar-refractivity contribution in [3.8, 4) is 44.5 Å². The van der Waals surface area contributed by atoms with E-state index in [9.17, 15) is 52.7 Å². The Hall–Kier alpha value is -14.6. The lowest BCUT2D eigenvalue weighted by molar-refractivity contribution is -0.138.